The summed E-state index contributed by atoms with van der Waals surface area (Å²) in [6.07, 6.45) is 5.35. The van der Waals surface area contributed by atoms with Crippen LogP contribution in [0.1, 0.15) is 53.4 Å². The minimum Gasteiger partial charge on any atom is -0.316 e. The van der Waals surface area contributed by atoms with E-state index in [4.69, 9.17) is 0 Å². The Hall–Kier alpha value is -0.0800. The van der Waals surface area contributed by atoms with Crippen LogP contribution in [0.3, 0.4) is 0 Å². The molecule has 1 N–H and O–H groups in total. The maximum Gasteiger partial charge on any atom is 0.0191 e. The first kappa shape index (κ1) is 15.0. The highest BCUT2D eigenvalue weighted by Gasteiger charge is 2.29. The fourth-order valence-corrected chi connectivity index (χ4v) is 2.97. The number of nitrogens with one attached hydrogen (secondary N) is 1. The molecule has 0 saturated carbocycles. The molecule has 0 aromatic heterocycles. The van der Waals surface area contributed by atoms with E-state index in [1.807, 2.05) is 0 Å². The third-order valence-corrected chi connectivity index (χ3v) is 4.34. The summed E-state index contributed by atoms with van der Waals surface area (Å²) in [5.41, 5.74) is 0.498. The standard InChI is InChI=1S/C15H32N2/c1-6-7-14(16-5)12-17-10-8-13(9-11-17)15(2,3)4/h13-14,16H,6-12H2,1-5H3. The van der Waals surface area contributed by atoms with Crippen LogP contribution < -0.4 is 5.32 Å². The van der Waals surface area contributed by atoms with Crippen molar-refractivity contribution in [2.45, 2.75) is 59.4 Å². The molecule has 1 fully saturated rings. The van der Waals surface area contributed by atoms with Gasteiger partial charge >= 0.3 is 0 Å². The molecule has 1 aliphatic rings. The van der Waals surface area contributed by atoms with E-state index in [9.17, 15) is 0 Å². The molecule has 0 radical (unpaired) electrons. The predicted octanol–water partition coefficient (Wildman–Crippen LogP) is 3.13. The molecule has 1 rings (SSSR count). The molecule has 2 heteroatoms. The quantitative estimate of drug-likeness (QED) is 0.794. The van der Waals surface area contributed by atoms with Gasteiger partial charge in [0.15, 0.2) is 0 Å². The number of rotatable bonds is 5. The molecule has 0 amide bonds. The number of piperidine rings is 1. The Balaban J connectivity index is 2.31. The maximum absolute atomic E-state index is 3.45. The van der Waals surface area contributed by atoms with Crippen molar-refractivity contribution in [2.24, 2.45) is 11.3 Å². The molecule has 2 nitrogen and oxygen atoms in total. The highest BCUT2D eigenvalue weighted by atomic mass is 15.1. The van der Waals surface area contributed by atoms with E-state index in [0.29, 0.717) is 11.5 Å². The topological polar surface area (TPSA) is 15.3 Å². The smallest absolute Gasteiger partial charge is 0.0191 e. The number of likely N-dealkylation sites (tertiary alicyclic amines) is 1. The zero-order valence-electron chi connectivity index (χ0n) is 12.6. The lowest BCUT2D eigenvalue weighted by Gasteiger charge is -2.39. The molecule has 1 aliphatic heterocycles. The minimum absolute atomic E-state index is 0.498. The van der Waals surface area contributed by atoms with Crippen molar-refractivity contribution in [3.05, 3.63) is 0 Å². The summed E-state index contributed by atoms with van der Waals surface area (Å²) in [5, 5.41) is 3.45. The van der Waals surface area contributed by atoms with Crippen molar-refractivity contribution in [3.63, 3.8) is 0 Å². The van der Waals surface area contributed by atoms with Crippen LogP contribution in [-0.4, -0.2) is 37.6 Å². The van der Waals surface area contributed by atoms with E-state index < -0.39 is 0 Å². The molecule has 0 spiro atoms. The van der Waals surface area contributed by atoms with Crippen molar-refractivity contribution < 1.29 is 0 Å². The molecule has 1 unspecified atom stereocenters. The highest BCUT2D eigenvalue weighted by Crippen LogP contribution is 2.34. The minimum atomic E-state index is 0.498. The van der Waals surface area contributed by atoms with Gasteiger partial charge in [0, 0.05) is 12.6 Å². The van der Waals surface area contributed by atoms with Gasteiger partial charge in [-0.15, -0.1) is 0 Å². The molecule has 0 aromatic rings. The molecular weight excluding hydrogens is 208 g/mol. The summed E-state index contributed by atoms with van der Waals surface area (Å²) in [5.74, 6) is 0.915. The summed E-state index contributed by atoms with van der Waals surface area (Å²) >= 11 is 0. The molecule has 102 valence electrons. The van der Waals surface area contributed by atoms with Gasteiger partial charge in [-0.2, -0.15) is 0 Å². The fraction of sp³-hybridized carbons (Fsp3) is 1.00. The Morgan fingerprint density at radius 1 is 1.24 bits per heavy atom. The van der Waals surface area contributed by atoms with Crippen molar-refractivity contribution >= 4 is 0 Å². The summed E-state index contributed by atoms with van der Waals surface area (Å²) in [6, 6.07) is 0.686. The van der Waals surface area contributed by atoms with Crippen LogP contribution >= 0.6 is 0 Å². The number of hydrogen-bond acceptors (Lipinski definition) is 2. The van der Waals surface area contributed by atoms with Crippen LogP contribution in [0, 0.1) is 11.3 Å². The van der Waals surface area contributed by atoms with Gasteiger partial charge in [-0.3, -0.25) is 0 Å². The van der Waals surface area contributed by atoms with Gasteiger partial charge < -0.3 is 10.2 Å². The summed E-state index contributed by atoms with van der Waals surface area (Å²) in [7, 11) is 2.10. The van der Waals surface area contributed by atoms with Gasteiger partial charge in [0.2, 0.25) is 0 Å². The van der Waals surface area contributed by atoms with Crippen LogP contribution in [0.25, 0.3) is 0 Å². The Labute approximate surface area is 108 Å². The molecule has 0 aromatic carbocycles. The molecule has 0 bridgehead atoms. The van der Waals surface area contributed by atoms with E-state index >= 15 is 0 Å². The Kier molecular flexibility index (Phi) is 5.94. The summed E-state index contributed by atoms with van der Waals surface area (Å²) in [6.45, 7) is 13.3. The lowest BCUT2D eigenvalue weighted by Crippen LogP contribution is -2.44. The summed E-state index contributed by atoms with van der Waals surface area (Å²) < 4.78 is 0. The first-order valence-electron chi connectivity index (χ1n) is 7.37. The zero-order valence-corrected chi connectivity index (χ0v) is 12.6. The van der Waals surface area contributed by atoms with Gasteiger partial charge in [-0.1, -0.05) is 34.1 Å². The molecule has 17 heavy (non-hydrogen) atoms. The van der Waals surface area contributed by atoms with Crippen LogP contribution in [-0.2, 0) is 0 Å². The van der Waals surface area contributed by atoms with Gasteiger partial charge in [0.1, 0.15) is 0 Å². The van der Waals surface area contributed by atoms with Gasteiger partial charge in [0.05, 0.1) is 0 Å². The van der Waals surface area contributed by atoms with Crippen LogP contribution in [0.4, 0.5) is 0 Å². The second-order valence-corrected chi connectivity index (χ2v) is 6.72. The molecule has 1 saturated heterocycles. The van der Waals surface area contributed by atoms with Crippen molar-refractivity contribution in [1.29, 1.82) is 0 Å². The maximum atomic E-state index is 3.45. The zero-order chi connectivity index (χ0) is 12.9. The average Bonchev–Trinajstić information content (AvgIpc) is 2.28. The van der Waals surface area contributed by atoms with E-state index in [-0.39, 0.29) is 0 Å². The van der Waals surface area contributed by atoms with E-state index in [0.717, 1.165) is 5.92 Å². The van der Waals surface area contributed by atoms with Gasteiger partial charge in [0.25, 0.3) is 0 Å². The van der Waals surface area contributed by atoms with E-state index in [1.54, 1.807) is 0 Å². The SMILES string of the molecule is CCCC(CN1CCC(C(C)(C)C)CC1)NC. The number of likely N-dealkylation sites (N-methyl/N-ethyl adjacent to an activating group) is 1. The summed E-state index contributed by atoms with van der Waals surface area (Å²) in [4.78, 5) is 2.65. The van der Waals surface area contributed by atoms with Gasteiger partial charge in [-0.25, -0.2) is 0 Å². The molecular formula is C15H32N2. The van der Waals surface area contributed by atoms with E-state index in [2.05, 4.69) is 45.0 Å². The average molecular weight is 240 g/mol. The van der Waals surface area contributed by atoms with Gasteiger partial charge in [-0.05, 0) is 50.7 Å². The molecule has 0 aliphatic carbocycles. The third-order valence-electron chi connectivity index (χ3n) is 4.34. The Morgan fingerprint density at radius 2 is 1.82 bits per heavy atom. The monoisotopic (exact) mass is 240 g/mol. The number of hydrogen-bond donors (Lipinski definition) is 1. The van der Waals surface area contributed by atoms with Crippen molar-refractivity contribution in [3.8, 4) is 0 Å². The first-order chi connectivity index (χ1) is 7.97. The third kappa shape index (κ3) is 4.97. The van der Waals surface area contributed by atoms with E-state index in [1.165, 1.54) is 45.3 Å². The molecule has 1 atom stereocenters. The predicted molar refractivity (Wildman–Crippen MR) is 76.4 cm³/mol. The second kappa shape index (κ2) is 6.75. The lowest BCUT2D eigenvalue weighted by atomic mass is 9.75. The molecule has 1 heterocycles. The van der Waals surface area contributed by atoms with Crippen LogP contribution in [0.2, 0.25) is 0 Å². The normalized spacial score (nSPS) is 21.7. The Bertz CT molecular complexity index is 199. The largest absolute Gasteiger partial charge is 0.316 e. The van der Waals surface area contributed by atoms with Crippen LogP contribution in [0.5, 0.6) is 0 Å². The Morgan fingerprint density at radius 3 is 2.24 bits per heavy atom. The van der Waals surface area contributed by atoms with Crippen molar-refractivity contribution in [1.82, 2.24) is 10.2 Å². The van der Waals surface area contributed by atoms with Crippen molar-refractivity contribution in [2.75, 3.05) is 26.7 Å². The lowest BCUT2D eigenvalue weighted by molar-refractivity contribution is 0.105. The fourth-order valence-electron chi connectivity index (χ4n) is 2.97. The number of nitrogens with zero attached hydrogens (tertiary/aromatic N) is 1. The van der Waals surface area contributed by atoms with Crippen LogP contribution in [0.15, 0.2) is 0 Å². The second-order valence-electron chi connectivity index (χ2n) is 6.72. The highest BCUT2D eigenvalue weighted by molar-refractivity contribution is 4.82. The first-order valence-corrected chi connectivity index (χ1v) is 7.37.